The molecule has 0 saturated carbocycles. The van der Waals surface area contributed by atoms with Gasteiger partial charge in [0.25, 0.3) is 0 Å². The molecule has 66 heavy (non-hydrogen) atoms. The van der Waals surface area contributed by atoms with Gasteiger partial charge in [0.05, 0.1) is 5.97 Å². The van der Waals surface area contributed by atoms with Crippen molar-refractivity contribution in [3.8, 4) is 11.5 Å². The topological polar surface area (TPSA) is 107 Å². The Morgan fingerprint density at radius 3 is 1.00 bits per heavy atom. The summed E-state index contributed by atoms with van der Waals surface area (Å²) in [6.45, 7) is 29.0. The van der Waals surface area contributed by atoms with E-state index in [1.54, 1.807) is 0 Å². The minimum absolute atomic E-state index is 0.0670. The van der Waals surface area contributed by atoms with E-state index in [-0.39, 0.29) is 41.8 Å². The van der Waals surface area contributed by atoms with Crippen molar-refractivity contribution in [2.24, 2.45) is 5.41 Å². The van der Waals surface area contributed by atoms with Gasteiger partial charge in [-0.3, -0.25) is 4.79 Å². The van der Waals surface area contributed by atoms with Gasteiger partial charge in [0.2, 0.25) is 0 Å². The zero-order valence-electron chi connectivity index (χ0n) is 45.1. The summed E-state index contributed by atoms with van der Waals surface area (Å²) in [5.41, 5.74) is 0.165. The molecule has 0 spiro atoms. The third-order valence-electron chi connectivity index (χ3n) is 13.5. The van der Waals surface area contributed by atoms with Crippen molar-refractivity contribution < 1.29 is 29.6 Å². The average Bonchev–Trinajstić information content (AvgIpc) is 3.20. The fraction of sp³-hybridized carbons (Fsp3) is 0.763. The smallest absolute Gasteiger partial charge is 0.318 e. The molecule has 378 valence electrons. The summed E-state index contributed by atoms with van der Waals surface area (Å²) in [6.07, 6.45) is 25.6. The maximum Gasteiger partial charge on any atom is 0.318 e. The zero-order valence-corrected chi connectivity index (χ0v) is 45.9. The second-order valence-electron chi connectivity index (χ2n) is 24.0. The molecular weight excluding hydrogens is 837 g/mol. The number of phenolic OH excluding ortho intramolecular Hbond substituents is 2. The molecule has 2 aromatic rings. The second kappa shape index (κ2) is 28.1. The number of ether oxygens (including phenoxy) is 1. The standard InChI is InChI=1S/C59H100O6S/c1-15-17-19-21-23-25-27-29-31-33-36-66(37-34-32-30-28-26-24-22-20-18-16-2)38-35-65-54(64)59(53(62)63,43-45-39-47(55(3,4)5)51(60)48(40-45)56(6,7)8)44-46-41-49(57(9,10)11)52(61)50(42-46)58(12,13)14/h39-42H,15-38,43-44H2,1-14H3,(H2-,60,61,62,63). The fourth-order valence-electron chi connectivity index (χ4n) is 9.29. The van der Waals surface area contributed by atoms with Gasteiger partial charge in [-0.05, 0) is 104 Å². The molecule has 2 rings (SSSR count). The number of benzene rings is 2. The lowest BCUT2D eigenvalue weighted by molar-refractivity contribution is -0.318. The Hall–Kier alpha value is -2.67. The van der Waals surface area contributed by atoms with Crippen LogP contribution < -0.4 is 5.11 Å². The molecule has 0 bridgehead atoms. The molecule has 0 aliphatic carbocycles. The Balaban J connectivity index is 2.49. The van der Waals surface area contributed by atoms with Gasteiger partial charge in [0, 0.05) is 0 Å². The minimum atomic E-state index is -2.08. The fourth-order valence-corrected chi connectivity index (χ4v) is 11.5. The molecule has 0 unspecified atom stereocenters. The summed E-state index contributed by atoms with van der Waals surface area (Å²) in [7, 11) is 0.0670. The number of carboxylic acids is 1. The predicted octanol–water partition coefficient (Wildman–Crippen LogP) is 14.8. The van der Waals surface area contributed by atoms with Crippen molar-refractivity contribution in [1.82, 2.24) is 0 Å². The molecule has 0 amide bonds. The highest BCUT2D eigenvalue weighted by Crippen LogP contribution is 2.44. The number of hydrogen-bond donors (Lipinski definition) is 2. The number of unbranched alkanes of at least 4 members (excludes halogenated alkanes) is 18. The van der Waals surface area contributed by atoms with E-state index < -0.39 is 39.0 Å². The van der Waals surface area contributed by atoms with E-state index in [1.165, 1.54) is 128 Å². The Kier molecular flexibility index (Phi) is 25.3. The van der Waals surface area contributed by atoms with Crippen molar-refractivity contribution in [3.63, 3.8) is 0 Å². The van der Waals surface area contributed by atoms with Crippen LogP contribution in [-0.2, 0) is 59.7 Å². The van der Waals surface area contributed by atoms with Crippen molar-refractivity contribution in [1.29, 1.82) is 0 Å². The van der Waals surface area contributed by atoms with Crippen LogP contribution in [0, 0.1) is 5.41 Å². The second-order valence-corrected chi connectivity index (χ2v) is 26.5. The lowest BCUT2D eigenvalue weighted by Gasteiger charge is -2.35. The number of carbonyl (C=O) groups is 2. The summed E-state index contributed by atoms with van der Waals surface area (Å²) < 4.78 is 6.23. The summed E-state index contributed by atoms with van der Waals surface area (Å²) in [5, 5.41) is 37.2. The van der Waals surface area contributed by atoms with E-state index in [0.717, 1.165) is 17.3 Å². The third kappa shape index (κ3) is 20.1. The summed E-state index contributed by atoms with van der Waals surface area (Å²) in [5.74, 6) is 1.10. The molecule has 2 N–H and O–H groups in total. The van der Waals surface area contributed by atoms with E-state index in [4.69, 9.17) is 4.74 Å². The molecule has 6 nitrogen and oxygen atoms in total. The minimum Gasteiger partial charge on any atom is -0.549 e. The Bertz CT molecular complexity index is 1550. The van der Waals surface area contributed by atoms with Crippen molar-refractivity contribution in [3.05, 3.63) is 57.6 Å². The van der Waals surface area contributed by atoms with Gasteiger partial charge in [-0.2, -0.15) is 0 Å². The van der Waals surface area contributed by atoms with Crippen LogP contribution in [0.1, 0.15) is 259 Å². The normalized spacial score (nSPS) is 12.9. The molecule has 0 aliphatic heterocycles. The number of carbonyl (C=O) groups excluding carboxylic acids is 2. The van der Waals surface area contributed by atoms with Crippen LogP contribution in [0.25, 0.3) is 0 Å². The van der Waals surface area contributed by atoms with Crippen LogP contribution in [0.15, 0.2) is 24.3 Å². The van der Waals surface area contributed by atoms with E-state index in [1.807, 2.05) is 107 Å². The first-order chi connectivity index (χ1) is 30.8. The molecule has 0 aliphatic rings. The largest absolute Gasteiger partial charge is 0.549 e. The summed E-state index contributed by atoms with van der Waals surface area (Å²) >= 11 is 0. The number of aromatic hydroxyl groups is 2. The maximum atomic E-state index is 14.9. The van der Waals surface area contributed by atoms with Crippen LogP contribution in [0.4, 0.5) is 0 Å². The highest BCUT2D eigenvalue weighted by Gasteiger charge is 2.44. The molecule has 0 aromatic heterocycles. The van der Waals surface area contributed by atoms with Gasteiger partial charge < -0.3 is 24.9 Å². The number of aliphatic carboxylic acids is 1. The Morgan fingerprint density at radius 2 is 0.742 bits per heavy atom. The third-order valence-corrected chi connectivity index (χ3v) is 16.0. The molecule has 2 aromatic carbocycles. The van der Waals surface area contributed by atoms with Crippen molar-refractivity contribution >= 4 is 22.8 Å². The highest BCUT2D eigenvalue weighted by atomic mass is 32.2. The van der Waals surface area contributed by atoms with Gasteiger partial charge in [0.1, 0.15) is 40.8 Å². The molecule has 0 heterocycles. The van der Waals surface area contributed by atoms with E-state index >= 15 is 0 Å². The van der Waals surface area contributed by atoms with E-state index in [2.05, 4.69) is 13.8 Å². The van der Waals surface area contributed by atoms with E-state index in [9.17, 15) is 24.9 Å². The summed E-state index contributed by atoms with van der Waals surface area (Å²) in [6, 6.07) is 7.46. The Morgan fingerprint density at radius 1 is 0.470 bits per heavy atom. The molecule has 0 radical (unpaired) electrons. The molecule has 0 fully saturated rings. The molecular formula is C59H100O6S. The van der Waals surface area contributed by atoms with Crippen LogP contribution in [0.5, 0.6) is 11.5 Å². The highest BCUT2D eigenvalue weighted by molar-refractivity contribution is 7.96. The van der Waals surface area contributed by atoms with Gasteiger partial charge in [-0.15, -0.1) is 0 Å². The molecule has 0 saturated heterocycles. The number of phenols is 2. The van der Waals surface area contributed by atoms with Crippen molar-refractivity contribution in [2.45, 2.75) is 260 Å². The Labute approximate surface area is 409 Å². The number of hydrogen-bond acceptors (Lipinski definition) is 6. The molecule has 7 heteroatoms. The van der Waals surface area contributed by atoms with Crippen LogP contribution in [-0.4, -0.2) is 46.0 Å². The van der Waals surface area contributed by atoms with Crippen LogP contribution >= 0.6 is 0 Å². The number of esters is 1. The SMILES string of the molecule is CCCCCCCCCCCC[S+](CCCCCCCCCCCC)CCOC(=O)C(Cc1cc(C(C)(C)C)c(O)c(C(C)(C)C)c1)(Cc1cc(C(C)(C)C)c(O)c(C(C)(C)C)c1)C(=O)[O-]. The first kappa shape index (κ1) is 59.5. The maximum absolute atomic E-state index is 14.9. The zero-order chi connectivity index (χ0) is 49.8. The number of rotatable bonds is 31. The lowest BCUT2D eigenvalue weighted by Crippen LogP contribution is -2.52. The first-order valence-electron chi connectivity index (χ1n) is 26.6. The van der Waals surface area contributed by atoms with Gasteiger partial charge in [-0.25, -0.2) is 0 Å². The lowest BCUT2D eigenvalue weighted by atomic mass is 9.71. The van der Waals surface area contributed by atoms with E-state index in [0.29, 0.717) is 33.4 Å². The van der Waals surface area contributed by atoms with Crippen LogP contribution in [0.2, 0.25) is 0 Å². The molecule has 0 atom stereocenters. The number of carboxylic acid groups (broad SMARTS) is 1. The van der Waals surface area contributed by atoms with Gasteiger partial charge >= 0.3 is 5.97 Å². The quantitative estimate of drug-likeness (QED) is 0.0338. The van der Waals surface area contributed by atoms with Crippen LogP contribution in [0.3, 0.4) is 0 Å². The predicted molar refractivity (Wildman–Crippen MR) is 282 cm³/mol. The van der Waals surface area contributed by atoms with Gasteiger partial charge in [0.15, 0.2) is 0 Å². The monoisotopic (exact) mass is 937 g/mol. The van der Waals surface area contributed by atoms with Crippen molar-refractivity contribution in [2.75, 3.05) is 23.9 Å². The first-order valence-corrected chi connectivity index (χ1v) is 28.3. The van der Waals surface area contributed by atoms with Gasteiger partial charge in [-0.1, -0.05) is 224 Å². The summed E-state index contributed by atoms with van der Waals surface area (Å²) in [4.78, 5) is 28.9. The average molecular weight is 938 g/mol.